The summed E-state index contributed by atoms with van der Waals surface area (Å²) in [5, 5.41) is 0. The molecule has 2 nitrogen and oxygen atoms in total. The molecule has 0 aromatic rings. The molecule has 0 radical (unpaired) electrons. The highest BCUT2D eigenvalue weighted by Crippen LogP contribution is 1.95. The van der Waals surface area contributed by atoms with E-state index in [4.69, 9.17) is 4.11 Å². The van der Waals surface area contributed by atoms with Crippen LogP contribution < -0.4 is 0 Å². The minimum Gasteiger partial charge on any atom is -0.368 e. The SMILES string of the molecule is [2H]C1=CC([2H])N(C)C([2H])N1C. The molecule has 0 aromatic carbocycles. The molecule has 0 spiro atoms. The van der Waals surface area contributed by atoms with Crippen molar-refractivity contribution in [3.8, 4) is 0 Å². The molecule has 0 N–H and O–H groups in total. The number of hydrogen-bond donors (Lipinski definition) is 0. The van der Waals surface area contributed by atoms with Crippen LogP contribution in [0.25, 0.3) is 0 Å². The molecule has 1 heterocycles. The minimum atomic E-state index is -0.602. The monoisotopic (exact) mass is 115 g/mol. The van der Waals surface area contributed by atoms with Crippen molar-refractivity contribution in [2.24, 2.45) is 0 Å². The van der Waals surface area contributed by atoms with Crippen LogP contribution in [0, 0.1) is 0 Å². The van der Waals surface area contributed by atoms with E-state index in [1.54, 1.807) is 19.0 Å². The molecular weight excluding hydrogens is 100 g/mol. The van der Waals surface area contributed by atoms with Crippen molar-refractivity contribution in [1.29, 1.82) is 0 Å². The largest absolute Gasteiger partial charge is 0.368 e. The zero-order valence-corrected chi connectivity index (χ0v) is 5.13. The van der Waals surface area contributed by atoms with Gasteiger partial charge in [0.1, 0.15) is 0 Å². The maximum absolute atomic E-state index is 7.52. The van der Waals surface area contributed by atoms with Gasteiger partial charge in [-0.2, -0.15) is 0 Å². The third-order valence-corrected chi connectivity index (χ3v) is 0.943. The Morgan fingerprint density at radius 1 is 1.75 bits per heavy atom. The summed E-state index contributed by atoms with van der Waals surface area (Å²) in [4.78, 5) is 3.07. The Morgan fingerprint density at radius 2 is 2.50 bits per heavy atom. The van der Waals surface area contributed by atoms with Gasteiger partial charge in [0, 0.05) is 14.9 Å². The molecule has 8 heavy (non-hydrogen) atoms. The second-order valence-corrected chi connectivity index (χ2v) is 1.84. The predicted molar refractivity (Wildman–Crippen MR) is 34.4 cm³/mol. The number of rotatable bonds is 0. The van der Waals surface area contributed by atoms with Gasteiger partial charge in [-0.1, -0.05) is 6.08 Å². The van der Waals surface area contributed by atoms with Crippen LogP contribution in [0.3, 0.4) is 0 Å². The van der Waals surface area contributed by atoms with E-state index in [0.29, 0.717) is 0 Å². The van der Waals surface area contributed by atoms with Crippen LogP contribution in [0.2, 0.25) is 0 Å². The highest BCUT2D eigenvalue weighted by molar-refractivity contribution is 4.87. The van der Waals surface area contributed by atoms with Crippen molar-refractivity contribution in [1.82, 2.24) is 9.80 Å². The summed E-state index contributed by atoms with van der Waals surface area (Å²) in [6.45, 7) is -1.16. The van der Waals surface area contributed by atoms with Gasteiger partial charge in [-0.3, -0.25) is 4.90 Å². The fourth-order valence-electron chi connectivity index (χ4n) is 0.613. The molecule has 1 rings (SSSR count). The Morgan fingerprint density at radius 3 is 3.25 bits per heavy atom. The van der Waals surface area contributed by atoms with E-state index in [2.05, 4.69) is 0 Å². The molecule has 0 bridgehead atoms. The molecule has 0 aliphatic carbocycles. The van der Waals surface area contributed by atoms with Crippen molar-refractivity contribution >= 4 is 0 Å². The average molecular weight is 115 g/mol. The molecule has 1 aliphatic heterocycles. The molecule has 1 aliphatic rings. The lowest BCUT2D eigenvalue weighted by Crippen LogP contribution is -2.33. The zero-order chi connectivity index (χ0) is 8.59. The van der Waals surface area contributed by atoms with Crippen LogP contribution in [0.1, 0.15) is 4.11 Å². The summed E-state index contributed by atoms with van der Waals surface area (Å²) in [5.74, 6) is 0. The quantitative estimate of drug-likeness (QED) is 0.449. The fourth-order valence-corrected chi connectivity index (χ4v) is 0.613. The van der Waals surface area contributed by atoms with Gasteiger partial charge in [0.25, 0.3) is 0 Å². The third-order valence-electron chi connectivity index (χ3n) is 0.943. The molecule has 0 saturated heterocycles. The van der Waals surface area contributed by atoms with E-state index < -0.39 is 13.2 Å². The fraction of sp³-hybridized carbons (Fsp3) is 0.667. The number of likely N-dealkylation sites (N-methyl/N-ethyl adjacent to an activating group) is 1. The van der Waals surface area contributed by atoms with Crippen molar-refractivity contribution in [3.63, 3.8) is 0 Å². The van der Waals surface area contributed by atoms with Crippen LogP contribution in [0.5, 0.6) is 0 Å². The Bertz CT molecular complexity index is 183. The minimum absolute atomic E-state index is 0.253. The summed E-state index contributed by atoms with van der Waals surface area (Å²) in [6.07, 6.45) is 1.76. The normalized spacial score (nSPS) is 47.0. The first-order valence-corrected chi connectivity index (χ1v) is 2.51. The Labute approximate surface area is 54.6 Å². The molecular formula is C6H12N2. The Kier molecular flexibility index (Phi) is 0.783. The van der Waals surface area contributed by atoms with E-state index in [9.17, 15) is 0 Å². The van der Waals surface area contributed by atoms with Crippen LogP contribution in [0.4, 0.5) is 0 Å². The van der Waals surface area contributed by atoms with Gasteiger partial charge in [-0.05, 0) is 13.2 Å². The maximum Gasteiger partial charge on any atom is 0.0811 e. The van der Waals surface area contributed by atoms with Gasteiger partial charge >= 0.3 is 0 Å². The van der Waals surface area contributed by atoms with Crippen LogP contribution in [-0.2, 0) is 0 Å². The third kappa shape index (κ3) is 1.23. The van der Waals surface area contributed by atoms with Gasteiger partial charge in [0.05, 0.1) is 9.39 Å². The predicted octanol–water partition coefficient (Wildman–Crippen LogP) is 0.335. The lowest BCUT2D eigenvalue weighted by Gasteiger charge is -2.25. The standard InChI is InChI=1S/C6H12N2/c1-7-4-3-5-8(2)6-7/h3-4H,5-6H2,1-2H3/i4D,5D,6D. The van der Waals surface area contributed by atoms with Crippen molar-refractivity contribution in [2.45, 2.75) is 0 Å². The highest BCUT2D eigenvalue weighted by Gasteiger charge is 2.00. The molecule has 2 heteroatoms. The van der Waals surface area contributed by atoms with Gasteiger partial charge in [0.15, 0.2) is 0 Å². The molecule has 0 saturated carbocycles. The number of nitrogens with zero attached hydrogens (tertiary/aromatic N) is 2. The Balaban J connectivity index is 2.83. The summed E-state index contributed by atoms with van der Waals surface area (Å²) in [5.41, 5.74) is 0. The lowest BCUT2D eigenvalue weighted by molar-refractivity contribution is 0.229. The highest BCUT2D eigenvalue weighted by atomic mass is 15.3. The first-order valence-electron chi connectivity index (χ1n) is 4.17. The van der Waals surface area contributed by atoms with E-state index in [0.717, 1.165) is 0 Å². The zero-order valence-electron chi connectivity index (χ0n) is 8.13. The van der Waals surface area contributed by atoms with Crippen molar-refractivity contribution < 1.29 is 4.11 Å². The van der Waals surface area contributed by atoms with Gasteiger partial charge in [0.2, 0.25) is 0 Å². The summed E-state index contributed by atoms with van der Waals surface area (Å²) >= 11 is 0. The number of hydrogen-bond acceptors (Lipinski definition) is 2. The molecule has 0 amide bonds. The summed E-state index contributed by atoms with van der Waals surface area (Å²) < 4.78 is 22.3. The lowest BCUT2D eigenvalue weighted by atomic mass is 10.4. The van der Waals surface area contributed by atoms with Gasteiger partial charge < -0.3 is 4.90 Å². The topological polar surface area (TPSA) is 6.48 Å². The van der Waals surface area contributed by atoms with Gasteiger partial charge in [-0.15, -0.1) is 0 Å². The van der Waals surface area contributed by atoms with E-state index >= 15 is 0 Å². The Hall–Kier alpha value is -0.500. The smallest absolute Gasteiger partial charge is 0.0811 e. The summed E-state index contributed by atoms with van der Waals surface area (Å²) in [6, 6.07) is 0. The maximum atomic E-state index is 7.52. The molecule has 2 atom stereocenters. The molecule has 2 unspecified atom stereocenters. The van der Waals surface area contributed by atoms with E-state index in [1.807, 2.05) is 0 Å². The van der Waals surface area contributed by atoms with Crippen molar-refractivity contribution in [3.05, 3.63) is 12.3 Å². The van der Waals surface area contributed by atoms with Crippen LogP contribution in [0.15, 0.2) is 12.3 Å². The second kappa shape index (κ2) is 2.18. The second-order valence-electron chi connectivity index (χ2n) is 1.84. The van der Waals surface area contributed by atoms with Gasteiger partial charge in [-0.25, -0.2) is 0 Å². The average Bonchev–Trinajstić information content (AvgIpc) is 1.97. The van der Waals surface area contributed by atoms with Crippen LogP contribution in [-0.4, -0.2) is 37.1 Å². The first-order chi connectivity index (χ1) is 5.04. The van der Waals surface area contributed by atoms with Crippen molar-refractivity contribution in [2.75, 3.05) is 27.3 Å². The first kappa shape index (κ1) is 2.87. The molecule has 0 aromatic heterocycles. The summed E-state index contributed by atoms with van der Waals surface area (Å²) in [7, 11) is 3.38. The van der Waals surface area contributed by atoms with E-state index in [1.165, 1.54) is 11.0 Å². The molecule has 46 valence electrons. The van der Waals surface area contributed by atoms with E-state index in [-0.39, 0.29) is 6.18 Å². The molecule has 0 fully saturated rings. The van der Waals surface area contributed by atoms with Crippen LogP contribution >= 0.6 is 0 Å².